The zero-order valence-electron chi connectivity index (χ0n) is 18.9. The molecule has 0 saturated carbocycles. The number of rotatable bonds is 6. The Hall–Kier alpha value is -3.88. The van der Waals surface area contributed by atoms with Crippen LogP contribution in [0.2, 0.25) is 0 Å². The molecule has 0 unspecified atom stereocenters. The Balaban J connectivity index is 1.47. The lowest BCUT2D eigenvalue weighted by Crippen LogP contribution is -2.32. The molecule has 3 aromatic rings. The monoisotopic (exact) mass is 446 g/mol. The molecule has 1 aromatic carbocycles. The van der Waals surface area contributed by atoms with Crippen LogP contribution in [0.1, 0.15) is 62.5 Å². The summed E-state index contributed by atoms with van der Waals surface area (Å²) in [5.74, 6) is 0.786. The van der Waals surface area contributed by atoms with E-state index in [-0.39, 0.29) is 17.9 Å². The third kappa shape index (κ3) is 4.82. The van der Waals surface area contributed by atoms with Gasteiger partial charge in [-0.15, -0.1) is 0 Å². The Labute approximate surface area is 192 Å². The van der Waals surface area contributed by atoms with Crippen molar-refractivity contribution < 1.29 is 14.3 Å². The number of aryl methyl sites for hydroxylation is 2. The summed E-state index contributed by atoms with van der Waals surface area (Å²) < 4.78 is 5.33. The molecule has 9 heteroatoms. The van der Waals surface area contributed by atoms with Gasteiger partial charge in [-0.05, 0) is 32.8 Å². The normalized spacial score (nSPS) is 15.4. The van der Waals surface area contributed by atoms with Crippen molar-refractivity contribution in [3.63, 3.8) is 0 Å². The standard InChI is InChI=1S/C24H26N6O3/c1-15-11-26-19(14-25-15)24(32)30-10-6-8-20(30)22-27-13-18(16(2)29-22)23(31)28-12-17-7-4-5-9-21(17)33-3/h4-5,7,9,11,13-14,20H,6,8,10,12H2,1-3H3,(H,28,31)/t20-/m1/s1. The van der Waals surface area contributed by atoms with E-state index in [0.717, 1.165) is 24.1 Å². The molecule has 1 fully saturated rings. The number of methoxy groups -OCH3 is 1. The Kier molecular flexibility index (Phi) is 6.58. The molecule has 2 aromatic heterocycles. The fraction of sp³-hybridized carbons (Fsp3) is 0.333. The number of likely N-dealkylation sites (tertiary alicyclic amines) is 1. The Morgan fingerprint density at radius 2 is 1.94 bits per heavy atom. The number of nitrogens with zero attached hydrogens (tertiary/aromatic N) is 5. The molecule has 1 aliphatic rings. The highest BCUT2D eigenvalue weighted by Crippen LogP contribution is 2.31. The van der Waals surface area contributed by atoms with E-state index in [0.29, 0.717) is 41.6 Å². The third-order valence-electron chi connectivity index (χ3n) is 5.69. The van der Waals surface area contributed by atoms with Crippen molar-refractivity contribution in [2.75, 3.05) is 13.7 Å². The Bertz CT molecular complexity index is 1170. The molecule has 1 atom stereocenters. The third-order valence-corrected chi connectivity index (χ3v) is 5.69. The highest BCUT2D eigenvalue weighted by molar-refractivity contribution is 5.95. The lowest BCUT2D eigenvalue weighted by Gasteiger charge is -2.23. The first kappa shape index (κ1) is 22.3. The van der Waals surface area contributed by atoms with Crippen LogP contribution in [0, 0.1) is 13.8 Å². The van der Waals surface area contributed by atoms with E-state index < -0.39 is 0 Å². The van der Waals surface area contributed by atoms with Crippen LogP contribution >= 0.6 is 0 Å². The van der Waals surface area contributed by atoms with Gasteiger partial charge in [0.05, 0.1) is 36.3 Å². The zero-order valence-corrected chi connectivity index (χ0v) is 18.9. The van der Waals surface area contributed by atoms with Gasteiger partial charge in [0.1, 0.15) is 11.4 Å². The number of amides is 2. The SMILES string of the molecule is COc1ccccc1CNC(=O)c1cnc([C@H]2CCCN2C(=O)c2cnc(C)cn2)nc1C. The summed E-state index contributed by atoms with van der Waals surface area (Å²) in [6, 6.07) is 7.26. The van der Waals surface area contributed by atoms with Crippen LogP contribution in [-0.2, 0) is 6.54 Å². The molecule has 1 saturated heterocycles. The minimum Gasteiger partial charge on any atom is -0.496 e. The Morgan fingerprint density at radius 1 is 1.12 bits per heavy atom. The maximum atomic E-state index is 13.0. The molecule has 0 radical (unpaired) electrons. The fourth-order valence-electron chi connectivity index (χ4n) is 3.92. The second-order valence-electron chi connectivity index (χ2n) is 7.92. The van der Waals surface area contributed by atoms with Gasteiger partial charge in [0.25, 0.3) is 11.8 Å². The Morgan fingerprint density at radius 3 is 2.67 bits per heavy atom. The molecule has 0 aliphatic carbocycles. The summed E-state index contributed by atoms with van der Waals surface area (Å²) in [5.41, 5.74) is 2.89. The number of benzene rings is 1. The summed E-state index contributed by atoms with van der Waals surface area (Å²) in [6.07, 6.45) is 6.21. The van der Waals surface area contributed by atoms with E-state index in [4.69, 9.17) is 4.74 Å². The number of carbonyl (C=O) groups excluding carboxylic acids is 2. The molecule has 0 bridgehead atoms. The average molecular weight is 447 g/mol. The highest BCUT2D eigenvalue weighted by atomic mass is 16.5. The lowest BCUT2D eigenvalue weighted by atomic mass is 10.1. The molecular formula is C24H26N6O3. The molecule has 1 N–H and O–H groups in total. The molecule has 0 spiro atoms. The largest absolute Gasteiger partial charge is 0.496 e. The van der Waals surface area contributed by atoms with E-state index in [1.54, 1.807) is 25.1 Å². The predicted octanol–water partition coefficient (Wildman–Crippen LogP) is 2.80. The van der Waals surface area contributed by atoms with E-state index >= 15 is 0 Å². The fourth-order valence-corrected chi connectivity index (χ4v) is 3.92. The van der Waals surface area contributed by atoms with Crippen molar-refractivity contribution in [1.29, 1.82) is 0 Å². The van der Waals surface area contributed by atoms with Gasteiger partial charge in [-0.1, -0.05) is 18.2 Å². The first-order chi connectivity index (χ1) is 16.0. The van der Waals surface area contributed by atoms with Crippen LogP contribution in [0.4, 0.5) is 0 Å². The van der Waals surface area contributed by atoms with Gasteiger partial charge in [-0.25, -0.2) is 15.0 Å². The van der Waals surface area contributed by atoms with Gasteiger partial charge in [-0.3, -0.25) is 14.6 Å². The number of para-hydroxylation sites is 1. The van der Waals surface area contributed by atoms with Crippen LogP contribution in [0.25, 0.3) is 0 Å². The maximum Gasteiger partial charge on any atom is 0.274 e. The number of nitrogens with one attached hydrogen (secondary N) is 1. The van der Waals surface area contributed by atoms with Crippen molar-refractivity contribution in [2.45, 2.75) is 39.3 Å². The van der Waals surface area contributed by atoms with E-state index in [9.17, 15) is 9.59 Å². The summed E-state index contributed by atoms with van der Waals surface area (Å²) >= 11 is 0. The van der Waals surface area contributed by atoms with Crippen LogP contribution in [0.3, 0.4) is 0 Å². The second-order valence-corrected chi connectivity index (χ2v) is 7.92. The molecule has 4 rings (SSSR count). The molecule has 2 amide bonds. The van der Waals surface area contributed by atoms with Crippen molar-refractivity contribution in [2.24, 2.45) is 0 Å². The van der Waals surface area contributed by atoms with Crippen molar-refractivity contribution >= 4 is 11.8 Å². The molecule has 1 aliphatic heterocycles. The maximum absolute atomic E-state index is 13.0. The van der Waals surface area contributed by atoms with Crippen molar-refractivity contribution in [3.8, 4) is 5.75 Å². The van der Waals surface area contributed by atoms with Crippen LogP contribution < -0.4 is 10.1 Å². The van der Waals surface area contributed by atoms with E-state index in [2.05, 4.69) is 25.3 Å². The van der Waals surface area contributed by atoms with E-state index in [1.165, 1.54) is 12.4 Å². The smallest absolute Gasteiger partial charge is 0.274 e. The van der Waals surface area contributed by atoms with Crippen molar-refractivity contribution in [1.82, 2.24) is 30.2 Å². The lowest BCUT2D eigenvalue weighted by molar-refractivity contribution is 0.0722. The minimum atomic E-state index is -0.265. The van der Waals surface area contributed by atoms with Crippen LogP contribution in [0.5, 0.6) is 5.75 Å². The van der Waals surface area contributed by atoms with Gasteiger partial charge in [0, 0.05) is 31.0 Å². The molecule has 33 heavy (non-hydrogen) atoms. The predicted molar refractivity (Wildman–Crippen MR) is 121 cm³/mol. The summed E-state index contributed by atoms with van der Waals surface area (Å²) in [5, 5.41) is 2.89. The van der Waals surface area contributed by atoms with E-state index in [1.807, 2.05) is 31.2 Å². The number of hydrogen-bond donors (Lipinski definition) is 1. The first-order valence-electron chi connectivity index (χ1n) is 10.8. The average Bonchev–Trinajstić information content (AvgIpc) is 3.32. The van der Waals surface area contributed by atoms with Gasteiger partial charge in [-0.2, -0.15) is 0 Å². The topological polar surface area (TPSA) is 110 Å². The van der Waals surface area contributed by atoms with Gasteiger partial charge in [0.15, 0.2) is 5.82 Å². The summed E-state index contributed by atoms with van der Waals surface area (Å²) in [7, 11) is 1.60. The number of aromatic nitrogens is 4. The van der Waals surface area contributed by atoms with Gasteiger partial charge < -0.3 is 15.0 Å². The van der Waals surface area contributed by atoms with Crippen LogP contribution in [-0.4, -0.2) is 50.3 Å². The number of ether oxygens (including phenoxy) is 1. The second kappa shape index (κ2) is 9.72. The summed E-state index contributed by atoms with van der Waals surface area (Å²) in [6.45, 7) is 4.52. The molecule has 170 valence electrons. The first-order valence-corrected chi connectivity index (χ1v) is 10.8. The molecule has 3 heterocycles. The molecule has 9 nitrogen and oxygen atoms in total. The summed E-state index contributed by atoms with van der Waals surface area (Å²) in [4.78, 5) is 44.8. The molecular weight excluding hydrogens is 420 g/mol. The number of carbonyl (C=O) groups is 2. The zero-order chi connectivity index (χ0) is 23.4. The minimum absolute atomic E-state index is 0.190. The van der Waals surface area contributed by atoms with Crippen molar-refractivity contribution in [3.05, 3.63) is 76.9 Å². The number of hydrogen-bond acceptors (Lipinski definition) is 7. The quantitative estimate of drug-likeness (QED) is 0.620. The van der Waals surface area contributed by atoms with Gasteiger partial charge >= 0.3 is 0 Å². The van der Waals surface area contributed by atoms with Crippen LogP contribution in [0.15, 0.2) is 42.9 Å². The van der Waals surface area contributed by atoms with Gasteiger partial charge in [0.2, 0.25) is 0 Å². The highest BCUT2D eigenvalue weighted by Gasteiger charge is 2.33.